The molecule has 1 saturated heterocycles. The molecule has 0 bridgehead atoms. The van der Waals surface area contributed by atoms with Crippen molar-refractivity contribution in [2.45, 2.75) is 95.9 Å². The van der Waals surface area contributed by atoms with E-state index in [1.165, 1.54) is 5.69 Å². The fourth-order valence-corrected chi connectivity index (χ4v) is 5.33. The van der Waals surface area contributed by atoms with Crippen LogP contribution in [0.4, 0.5) is 25.1 Å². The van der Waals surface area contributed by atoms with Gasteiger partial charge in [0.15, 0.2) is 0 Å². The molecule has 1 fully saturated rings. The van der Waals surface area contributed by atoms with Crippen LogP contribution in [0.2, 0.25) is 0 Å². The number of halogens is 2. The van der Waals surface area contributed by atoms with Crippen molar-refractivity contribution in [2.75, 3.05) is 29.4 Å². The number of pyridine rings is 1. The summed E-state index contributed by atoms with van der Waals surface area (Å²) in [7, 11) is 1.95. The van der Waals surface area contributed by atoms with E-state index in [9.17, 15) is 13.6 Å². The largest absolute Gasteiger partial charge is 0.443 e. The fourth-order valence-electron chi connectivity index (χ4n) is 4.39. The molecule has 0 N–H and O–H groups in total. The Labute approximate surface area is 223 Å². The van der Waals surface area contributed by atoms with Crippen LogP contribution in [0.5, 0.6) is 0 Å². The molecule has 3 heterocycles. The lowest BCUT2D eigenvalue weighted by atomic mass is 10.1. The standard InChI is InChI=1S/C27H41F2N5O2S/c1-8-10-13-34(25(35)36-26(4,5)6)23-17-21(33-14-11-27(28,29)12-15-33)16-20(30-23)18-37-24-19(3)22(9-2)32(7)31-24/h16-17H,8-15,18H2,1-7H3. The van der Waals surface area contributed by atoms with E-state index in [0.717, 1.165) is 41.2 Å². The first kappa shape index (κ1) is 29.2. The molecule has 10 heteroatoms. The first-order valence-electron chi connectivity index (χ1n) is 13.1. The van der Waals surface area contributed by atoms with Crippen molar-refractivity contribution in [2.24, 2.45) is 7.05 Å². The van der Waals surface area contributed by atoms with E-state index in [1.54, 1.807) is 16.7 Å². The quantitative estimate of drug-likeness (QED) is 0.330. The van der Waals surface area contributed by atoms with Crippen LogP contribution >= 0.6 is 11.8 Å². The SMILES string of the molecule is CCCCN(C(=O)OC(C)(C)C)c1cc(N2CCC(F)(F)CC2)cc(CSc2nn(C)c(CC)c2C)n1. The molecule has 37 heavy (non-hydrogen) atoms. The smallest absolute Gasteiger partial charge is 0.416 e. The number of alkyl halides is 2. The Morgan fingerprint density at radius 2 is 1.89 bits per heavy atom. The minimum atomic E-state index is -2.64. The Kier molecular flexibility index (Phi) is 9.47. The number of amides is 1. The number of rotatable bonds is 9. The molecule has 1 aliphatic rings. The fraction of sp³-hybridized carbons (Fsp3) is 0.667. The highest BCUT2D eigenvalue weighted by molar-refractivity contribution is 7.98. The maximum absolute atomic E-state index is 13.9. The Balaban J connectivity index is 1.96. The van der Waals surface area contributed by atoms with E-state index in [2.05, 4.69) is 25.9 Å². The van der Waals surface area contributed by atoms with E-state index in [0.29, 0.717) is 18.1 Å². The second kappa shape index (κ2) is 12.0. The predicted octanol–water partition coefficient (Wildman–Crippen LogP) is 6.76. The van der Waals surface area contributed by atoms with E-state index in [1.807, 2.05) is 49.5 Å². The molecular weight excluding hydrogens is 496 g/mol. The van der Waals surface area contributed by atoms with Gasteiger partial charge in [-0.15, -0.1) is 0 Å². The lowest BCUT2D eigenvalue weighted by molar-refractivity contribution is -0.0220. The van der Waals surface area contributed by atoms with E-state index < -0.39 is 17.6 Å². The molecule has 7 nitrogen and oxygen atoms in total. The number of aromatic nitrogens is 3. The van der Waals surface area contributed by atoms with Crippen LogP contribution in [0.3, 0.4) is 0 Å². The molecule has 206 valence electrons. The van der Waals surface area contributed by atoms with Crippen molar-refractivity contribution in [3.05, 3.63) is 29.1 Å². The van der Waals surface area contributed by atoms with Gasteiger partial charge in [0.25, 0.3) is 5.92 Å². The van der Waals surface area contributed by atoms with Gasteiger partial charge >= 0.3 is 6.09 Å². The third-order valence-corrected chi connectivity index (χ3v) is 7.51. The average molecular weight is 538 g/mol. The lowest BCUT2D eigenvalue weighted by Crippen LogP contribution is -2.40. The van der Waals surface area contributed by atoms with Crippen molar-refractivity contribution >= 4 is 29.4 Å². The van der Waals surface area contributed by atoms with Crippen molar-refractivity contribution in [3.8, 4) is 0 Å². The summed E-state index contributed by atoms with van der Waals surface area (Å²) in [6.07, 6.45) is 1.76. The van der Waals surface area contributed by atoms with Crippen molar-refractivity contribution in [3.63, 3.8) is 0 Å². The van der Waals surface area contributed by atoms with Crippen molar-refractivity contribution < 1.29 is 18.3 Å². The van der Waals surface area contributed by atoms with Gasteiger partial charge in [-0.2, -0.15) is 5.10 Å². The topological polar surface area (TPSA) is 63.5 Å². The first-order chi connectivity index (χ1) is 17.3. The minimum absolute atomic E-state index is 0.187. The van der Waals surface area contributed by atoms with Crippen LogP contribution in [0.15, 0.2) is 17.2 Å². The molecule has 0 saturated carbocycles. The lowest BCUT2D eigenvalue weighted by Gasteiger charge is -2.34. The third kappa shape index (κ3) is 7.82. The maximum Gasteiger partial charge on any atom is 0.416 e. The zero-order valence-electron chi connectivity index (χ0n) is 23.2. The summed E-state index contributed by atoms with van der Waals surface area (Å²) in [4.78, 5) is 21.6. The molecule has 0 aliphatic carbocycles. The summed E-state index contributed by atoms with van der Waals surface area (Å²) in [6.45, 7) is 12.7. The van der Waals surface area contributed by atoms with Crippen molar-refractivity contribution in [1.82, 2.24) is 14.8 Å². The molecule has 2 aromatic heterocycles. The molecule has 0 radical (unpaired) electrons. The third-order valence-electron chi connectivity index (χ3n) is 6.41. The van der Waals surface area contributed by atoms with Gasteiger partial charge in [-0.25, -0.2) is 18.6 Å². The predicted molar refractivity (Wildman–Crippen MR) is 146 cm³/mol. The summed E-state index contributed by atoms with van der Waals surface area (Å²) >= 11 is 1.59. The monoisotopic (exact) mass is 537 g/mol. The number of unbranched alkanes of at least 4 members (excludes halogenated alkanes) is 1. The molecule has 1 aliphatic heterocycles. The number of carbonyl (C=O) groups is 1. The van der Waals surface area contributed by atoms with Gasteiger partial charge in [-0.3, -0.25) is 9.58 Å². The van der Waals surface area contributed by atoms with Gasteiger partial charge in [-0.1, -0.05) is 32.0 Å². The van der Waals surface area contributed by atoms with Crippen LogP contribution in [-0.2, 0) is 24.0 Å². The number of nitrogens with zero attached hydrogens (tertiary/aromatic N) is 5. The molecule has 2 aromatic rings. The molecule has 0 spiro atoms. The second-order valence-electron chi connectivity index (χ2n) is 10.6. The molecular formula is C27H41F2N5O2S. The van der Waals surface area contributed by atoms with Gasteiger partial charge < -0.3 is 9.64 Å². The van der Waals surface area contributed by atoms with E-state index >= 15 is 0 Å². The number of anilines is 2. The zero-order valence-corrected chi connectivity index (χ0v) is 24.1. The molecule has 0 atom stereocenters. The van der Waals surface area contributed by atoms with Crippen LogP contribution in [0, 0.1) is 6.92 Å². The summed E-state index contributed by atoms with van der Waals surface area (Å²) in [5, 5.41) is 5.61. The summed E-state index contributed by atoms with van der Waals surface area (Å²) in [6, 6.07) is 3.78. The van der Waals surface area contributed by atoms with Crippen LogP contribution in [0.25, 0.3) is 0 Å². The Morgan fingerprint density at radius 1 is 1.22 bits per heavy atom. The van der Waals surface area contributed by atoms with Crippen LogP contribution in [0.1, 0.15) is 77.3 Å². The number of thioether (sulfide) groups is 1. The van der Waals surface area contributed by atoms with Gasteiger partial charge in [0.1, 0.15) is 16.4 Å². The Bertz CT molecular complexity index is 1070. The Morgan fingerprint density at radius 3 is 2.46 bits per heavy atom. The summed E-state index contributed by atoms with van der Waals surface area (Å²) in [5.74, 6) is -1.61. The molecule has 0 unspecified atom stereocenters. The normalized spacial score (nSPS) is 15.6. The van der Waals surface area contributed by atoms with Crippen molar-refractivity contribution in [1.29, 1.82) is 0 Å². The van der Waals surface area contributed by atoms with Gasteiger partial charge in [0.05, 0.1) is 5.69 Å². The van der Waals surface area contributed by atoms with Gasteiger partial charge in [-0.05, 0) is 46.6 Å². The number of carbonyl (C=O) groups excluding carboxylic acids is 1. The number of aryl methyl sites for hydroxylation is 1. The number of piperidine rings is 1. The molecule has 0 aromatic carbocycles. The van der Waals surface area contributed by atoms with E-state index in [-0.39, 0.29) is 25.9 Å². The number of hydrogen-bond acceptors (Lipinski definition) is 6. The highest BCUT2D eigenvalue weighted by Gasteiger charge is 2.34. The maximum atomic E-state index is 13.9. The Hall–Kier alpha value is -2.36. The first-order valence-corrected chi connectivity index (χ1v) is 14.1. The van der Waals surface area contributed by atoms with Crippen LogP contribution in [-0.4, -0.2) is 52.0 Å². The number of ether oxygens (including phenoxy) is 1. The molecule has 1 amide bonds. The highest BCUT2D eigenvalue weighted by Crippen LogP contribution is 2.34. The zero-order chi connectivity index (χ0) is 27.4. The molecule has 3 rings (SSSR count). The summed E-state index contributed by atoms with van der Waals surface area (Å²) in [5.41, 5.74) is 3.26. The van der Waals surface area contributed by atoms with Crippen LogP contribution < -0.4 is 9.80 Å². The summed E-state index contributed by atoms with van der Waals surface area (Å²) < 4.78 is 35.4. The van der Waals surface area contributed by atoms with E-state index in [4.69, 9.17) is 9.72 Å². The van der Waals surface area contributed by atoms with Gasteiger partial charge in [0.2, 0.25) is 0 Å². The minimum Gasteiger partial charge on any atom is -0.443 e. The van der Waals surface area contributed by atoms with Gasteiger partial charge in [0, 0.05) is 68.3 Å². The number of hydrogen-bond donors (Lipinski definition) is 0. The highest BCUT2D eigenvalue weighted by atomic mass is 32.2. The average Bonchev–Trinajstić information content (AvgIpc) is 3.08. The second-order valence-corrected chi connectivity index (χ2v) is 11.6.